The molecule has 0 aliphatic carbocycles. The van der Waals surface area contributed by atoms with Crippen LogP contribution in [0.25, 0.3) is 0 Å². The van der Waals surface area contributed by atoms with Crippen molar-refractivity contribution in [2.45, 2.75) is 20.8 Å². The lowest BCUT2D eigenvalue weighted by atomic mass is 10.2. The second-order valence-electron chi connectivity index (χ2n) is 4.03. The lowest BCUT2D eigenvalue weighted by Crippen LogP contribution is -2.30. The van der Waals surface area contributed by atoms with Gasteiger partial charge >= 0.3 is 5.97 Å². The Morgan fingerprint density at radius 3 is 2.83 bits per heavy atom. The summed E-state index contributed by atoms with van der Waals surface area (Å²) in [6.45, 7) is 6.42. The zero-order valence-corrected chi connectivity index (χ0v) is 10.7. The number of carboxylic acids is 1. The van der Waals surface area contributed by atoms with Crippen molar-refractivity contribution in [1.82, 2.24) is 9.97 Å². The molecule has 0 aromatic carbocycles. The summed E-state index contributed by atoms with van der Waals surface area (Å²) >= 11 is 0. The first kappa shape index (κ1) is 13.9. The van der Waals surface area contributed by atoms with Gasteiger partial charge in [-0.15, -0.1) is 0 Å². The van der Waals surface area contributed by atoms with Crippen LogP contribution in [0, 0.1) is 24.2 Å². The summed E-state index contributed by atoms with van der Waals surface area (Å²) < 4.78 is 0. The molecule has 1 rings (SSSR count). The van der Waals surface area contributed by atoms with Crippen molar-refractivity contribution >= 4 is 11.8 Å². The Bertz CT molecular complexity index is 481. The second-order valence-corrected chi connectivity index (χ2v) is 4.03. The van der Waals surface area contributed by atoms with E-state index in [0.29, 0.717) is 24.7 Å². The fraction of sp³-hybridized carbons (Fsp3) is 0.500. The van der Waals surface area contributed by atoms with Crippen LogP contribution in [0.5, 0.6) is 0 Å². The normalized spacial score (nSPS) is 11.7. The number of aryl methyl sites for hydroxylation is 1. The van der Waals surface area contributed by atoms with E-state index in [1.165, 1.54) is 6.20 Å². The third-order valence-electron chi connectivity index (χ3n) is 2.52. The van der Waals surface area contributed by atoms with Crippen LogP contribution in [0.1, 0.15) is 30.0 Å². The average Bonchev–Trinajstić information content (AvgIpc) is 2.35. The maximum atomic E-state index is 11.1. The highest BCUT2D eigenvalue weighted by molar-refractivity contribution is 5.92. The van der Waals surface area contributed by atoms with Crippen LogP contribution >= 0.6 is 0 Å². The number of nitrogens with zero attached hydrogens (tertiary/aromatic N) is 4. The first-order valence-corrected chi connectivity index (χ1v) is 5.71. The molecule has 0 bridgehead atoms. The van der Waals surface area contributed by atoms with Gasteiger partial charge in [0.2, 0.25) is 0 Å². The van der Waals surface area contributed by atoms with Crippen molar-refractivity contribution in [3.05, 3.63) is 17.6 Å². The van der Waals surface area contributed by atoms with Gasteiger partial charge in [0, 0.05) is 19.3 Å². The van der Waals surface area contributed by atoms with Gasteiger partial charge in [-0.1, -0.05) is 0 Å². The highest BCUT2D eigenvalue weighted by atomic mass is 16.4. The van der Waals surface area contributed by atoms with Crippen LogP contribution in [0.4, 0.5) is 5.82 Å². The number of hydrogen-bond donors (Lipinski definition) is 1. The molecule has 0 amide bonds. The van der Waals surface area contributed by atoms with Gasteiger partial charge < -0.3 is 10.0 Å². The molecular weight excluding hydrogens is 232 g/mol. The summed E-state index contributed by atoms with van der Waals surface area (Å²) in [5.41, 5.74) is 0.0626. The third kappa shape index (κ3) is 3.17. The van der Waals surface area contributed by atoms with Gasteiger partial charge in [-0.25, -0.2) is 14.8 Å². The van der Waals surface area contributed by atoms with Crippen molar-refractivity contribution in [2.24, 2.45) is 5.92 Å². The molecule has 1 heterocycles. The fourth-order valence-corrected chi connectivity index (χ4v) is 1.59. The van der Waals surface area contributed by atoms with E-state index in [-0.39, 0.29) is 11.5 Å². The predicted octanol–water partition coefficient (Wildman–Crippen LogP) is 1.47. The first-order chi connectivity index (χ1) is 8.49. The fourth-order valence-electron chi connectivity index (χ4n) is 1.59. The molecule has 1 atom stereocenters. The molecule has 0 saturated heterocycles. The van der Waals surface area contributed by atoms with E-state index in [2.05, 4.69) is 16.0 Å². The quantitative estimate of drug-likeness (QED) is 0.848. The molecule has 0 aliphatic rings. The van der Waals surface area contributed by atoms with Gasteiger partial charge in [-0.3, -0.25) is 0 Å². The van der Waals surface area contributed by atoms with E-state index < -0.39 is 5.97 Å². The molecule has 18 heavy (non-hydrogen) atoms. The number of nitriles is 1. The molecule has 0 saturated carbocycles. The summed E-state index contributed by atoms with van der Waals surface area (Å²) in [5.74, 6) is -0.368. The van der Waals surface area contributed by atoms with E-state index in [4.69, 9.17) is 10.4 Å². The SMILES string of the molecule is CCN(CC(C)C#N)c1nc(C)ncc1C(=O)O. The van der Waals surface area contributed by atoms with Gasteiger partial charge in [0.15, 0.2) is 0 Å². The van der Waals surface area contributed by atoms with Crippen molar-refractivity contribution in [3.63, 3.8) is 0 Å². The maximum Gasteiger partial charge on any atom is 0.341 e. The number of anilines is 1. The Morgan fingerprint density at radius 2 is 2.33 bits per heavy atom. The molecule has 1 N–H and O–H groups in total. The Balaban J connectivity index is 3.15. The van der Waals surface area contributed by atoms with Crippen LogP contribution < -0.4 is 4.90 Å². The number of carboxylic acid groups (broad SMARTS) is 1. The highest BCUT2D eigenvalue weighted by Crippen LogP contribution is 2.18. The largest absolute Gasteiger partial charge is 0.477 e. The molecule has 0 fully saturated rings. The van der Waals surface area contributed by atoms with E-state index in [0.717, 1.165) is 0 Å². The van der Waals surface area contributed by atoms with E-state index in [1.807, 2.05) is 6.92 Å². The minimum absolute atomic E-state index is 0.0626. The van der Waals surface area contributed by atoms with Gasteiger partial charge in [0.25, 0.3) is 0 Å². The minimum atomic E-state index is -1.06. The summed E-state index contributed by atoms with van der Waals surface area (Å²) in [7, 11) is 0. The summed E-state index contributed by atoms with van der Waals surface area (Å²) in [5, 5.41) is 18.0. The first-order valence-electron chi connectivity index (χ1n) is 5.71. The number of rotatable bonds is 5. The van der Waals surface area contributed by atoms with Gasteiger partial charge in [-0.05, 0) is 20.8 Å². The molecular formula is C12H16N4O2. The molecule has 0 radical (unpaired) electrons. The second kappa shape index (κ2) is 5.96. The molecule has 0 spiro atoms. The molecule has 96 valence electrons. The van der Waals surface area contributed by atoms with Crippen molar-refractivity contribution in [1.29, 1.82) is 5.26 Å². The molecule has 0 aliphatic heterocycles. The van der Waals surface area contributed by atoms with Crippen LogP contribution in [-0.2, 0) is 0 Å². The van der Waals surface area contributed by atoms with Gasteiger partial charge in [-0.2, -0.15) is 5.26 Å². The van der Waals surface area contributed by atoms with Crippen LogP contribution in [0.3, 0.4) is 0 Å². The lowest BCUT2D eigenvalue weighted by Gasteiger charge is -2.24. The highest BCUT2D eigenvalue weighted by Gasteiger charge is 2.19. The van der Waals surface area contributed by atoms with Crippen LogP contribution in [0.2, 0.25) is 0 Å². The smallest absolute Gasteiger partial charge is 0.341 e. The van der Waals surface area contributed by atoms with Crippen molar-refractivity contribution in [3.8, 4) is 6.07 Å². The van der Waals surface area contributed by atoms with Crippen LogP contribution in [-0.4, -0.2) is 34.1 Å². The summed E-state index contributed by atoms with van der Waals surface area (Å²) in [6, 6.07) is 2.13. The third-order valence-corrected chi connectivity index (χ3v) is 2.52. The Labute approximate surface area is 106 Å². The lowest BCUT2D eigenvalue weighted by molar-refractivity contribution is 0.0696. The Morgan fingerprint density at radius 1 is 1.67 bits per heavy atom. The zero-order chi connectivity index (χ0) is 13.7. The van der Waals surface area contributed by atoms with Crippen LogP contribution in [0.15, 0.2) is 6.20 Å². The van der Waals surface area contributed by atoms with E-state index in [1.54, 1.807) is 18.7 Å². The van der Waals surface area contributed by atoms with Gasteiger partial charge in [0.1, 0.15) is 17.2 Å². The Hall–Kier alpha value is -2.16. The van der Waals surface area contributed by atoms with E-state index in [9.17, 15) is 4.79 Å². The standard InChI is InChI=1S/C12H16N4O2/c1-4-16(7-8(2)5-13)11-10(12(17)18)6-14-9(3)15-11/h6,8H,4,7H2,1-3H3,(H,17,18). The summed E-state index contributed by atoms with van der Waals surface area (Å²) in [4.78, 5) is 21.0. The molecule has 1 aromatic heterocycles. The number of hydrogen-bond acceptors (Lipinski definition) is 5. The molecule has 6 nitrogen and oxygen atoms in total. The molecule has 1 aromatic rings. The van der Waals surface area contributed by atoms with E-state index >= 15 is 0 Å². The van der Waals surface area contributed by atoms with Gasteiger partial charge in [0.05, 0.1) is 12.0 Å². The summed E-state index contributed by atoms with van der Waals surface area (Å²) in [6.07, 6.45) is 1.31. The minimum Gasteiger partial charge on any atom is -0.477 e. The predicted molar refractivity (Wildman–Crippen MR) is 66.4 cm³/mol. The number of carbonyl (C=O) groups is 1. The topological polar surface area (TPSA) is 90.1 Å². The average molecular weight is 248 g/mol. The maximum absolute atomic E-state index is 11.1. The number of aromatic nitrogens is 2. The molecule has 1 unspecified atom stereocenters. The van der Waals surface area contributed by atoms with Crippen molar-refractivity contribution < 1.29 is 9.90 Å². The Kier molecular flexibility index (Phi) is 4.60. The zero-order valence-electron chi connectivity index (χ0n) is 10.7. The molecule has 6 heteroatoms. The van der Waals surface area contributed by atoms with Crippen molar-refractivity contribution in [2.75, 3.05) is 18.0 Å². The number of aromatic carboxylic acids is 1. The monoisotopic (exact) mass is 248 g/mol.